The van der Waals surface area contributed by atoms with Gasteiger partial charge in [-0.25, -0.2) is 0 Å². The monoisotopic (exact) mass is 334 g/mol. The largest absolute Gasteiger partial charge is 0.489 e. The summed E-state index contributed by atoms with van der Waals surface area (Å²) in [5.41, 5.74) is 2.91. The highest BCUT2D eigenvalue weighted by atomic mass is 16.7. The topological polar surface area (TPSA) is 54.7 Å². The Morgan fingerprint density at radius 1 is 1.16 bits per heavy atom. The van der Waals surface area contributed by atoms with Gasteiger partial charge in [0.05, 0.1) is 17.7 Å². The second-order valence-electron chi connectivity index (χ2n) is 6.16. The molecule has 4 rings (SSSR count). The molecule has 0 saturated heterocycles. The summed E-state index contributed by atoms with van der Waals surface area (Å²) in [6.07, 6.45) is 0. The average Bonchev–Trinajstić information content (AvgIpc) is 3.23. The molecule has 1 atom stereocenters. The molecule has 0 N–H and O–H groups in total. The van der Waals surface area contributed by atoms with E-state index in [2.05, 4.69) is 23.1 Å². The lowest BCUT2D eigenvalue weighted by atomic mass is 9.99. The van der Waals surface area contributed by atoms with Crippen LogP contribution in [0.5, 0.6) is 17.2 Å². The number of nitriles is 1. The maximum atomic E-state index is 9.68. The van der Waals surface area contributed by atoms with E-state index in [4.69, 9.17) is 14.2 Å². The second kappa shape index (κ2) is 6.50. The molecule has 5 nitrogen and oxygen atoms in total. The highest BCUT2D eigenvalue weighted by molar-refractivity contribution is 5.48. The van der Waals surface area contributed by atoms with Gasteiger partial charge in [-0.1, -0.05) is 30.3 Å². The molecule has 5 heteroatoms. The Morgan fingerprint density at radius 3 is 2.76 bits per heavy atom. The molecule has 0 fully saturated rings. The van der Waals surface area contributed by atoms with Crippen molar-refractivity contribution < 1.29 is 14.2 Å². The van der Waals surface area contributed by atoms with Crippen molar-refractivity contribution in [2.24, 2.45) is 0 Å². The van der Waals surface area contributed by atoms with Crippen molar-refractivity contribution >= 4 is 0 Å². The van der Waals surface area contributed by atoms with E-state index in [1.807, 2.05) is 43.4 Å². The normalized spacial score (nSPS) is 19.1. The van der Waals surface area contributed by atoms with Gasteiger partial charge < -0.3 is 14.2 Å². The maximum absolute atomic E-state index is 9.68. The number of ether oxygens (including phenoxy) is 3. The second-order valence-corrected chi connectivity index (χ2v) is 6.16. The minimum absolute atomic E-state index is 0.0125. The molecule has 1 unspecified atom stereocenters. The van der Waals surface area contributed by atoms with Crippen LogP contribution in [0.25, 0.3) is 0 Å². The Bertz CT molecular complexity index is 855. The van der Waals surface area contributed by atoms with Gasteiger partial charge >= 0.3 is 0 Å². The van der Waals surface area contributed by atoms with E-state index < -0.39 is 0 Å². The molecule has 0 radical (unpaired) electrons. The Labute approximate surface area is 146 Å². The summed E-state index contributed by atoms with van der Waals surface area (Å²) in [5.74, 6) is 2.13. The Morgan fingerprint density at radius 2 is 1.96 bits per heavy atom. The molecule has 2 aliphatic rings. The zero-order valence-electron chi connectivity index (χ0n) is 13.9. The lowest BCUT2D eigenvalue weighted by Gasteiger charge is -2.20. The van der Waals surface area contributed by atoms with Gasteiger partial charge in [-0.3, -0.25) is 4.90 Å². The molecule has 25 heavy (non-hydrogen) atoms. The molecular weight excluding hydrogens is 316 g/mol. The van der Waals surface area contributed by atoms with Crippen LogP contribution in [-0.2, 0) is 0 Å². The van der Waals surface area contributed by atoms with Gasteiger partial charge in [0, 0.05) is 12.6 Å². The van der Waals surface area contributed by atoms with Crippen molar-refractivity contribution in [1.82, 2.24) is 4.90 Å². The first kappa shape index (κ1) is 15.6. The van der Waals surface area contributed by atoms with Crippen LogP contribution < -0.4 is 14.2 Å². The number of hydrogen-bond acceptors (Lipinski definition) is 5. The quantitative estimate of drug-likeness (QED) is 0.859. The number of nitrogens with zero attached hydrogens (tertiary/aromatic N) is 2. The third kappa shape index (κ3) is 2.92. The van der Waals surface area contributed by atoms with Gasteiger partial charge in [0.25, 0.3) is 0 Å². The summed E-state index contributed by atoms with van der Waals surface area (Å²) in [6.45, 7) is 1.34. The van der Waals surface area contributed by atoms with Gasteiger partial charge in [0.2, 0.25) is 6.79 Å². The van der Waals surface area contributed by atoms with Crippen LogP contribution in [0.4, 0.5) is 0 Å². The first-order chi connectivity index (χ1) is 12.3. The molecule has 0 saturated carbocycles. The molecule has 0 aromatic heterocycles. The molecule has 2 aromatic carbocycles. The van der Waals surface area contributed by atoms with Crippen molar-refractivity contribution in [2.75, 3.05) is 27.0 Å². The molecule has 126 valence electrons. The van der Waals surface area contributed by atoms with E-state index in [1.54, 1.807) is 0 Å². The SMILES string of the molecule is CN1CC(COc2ccc3c(c2)OCO3)=C(C#N)C1c1ccccc1. The van der Waals surface area contributed by atoms with E-state index in [1.165, 1.54) is 0 Å². The van der Waals surface area contributed by atoms with Crippen molar-refractivity contribution in [2.45, 2.75) is 6.04 Å². The molecule has 0 bridgehead atoms. The summed E-state index contributed by atoms with van der Waals surface area (Å²) in [7, 11) is 2.03. The Balaban J connectivity index is 1.54. The minimum Gasteiger partial charge on any atom is -0.489 e. The van der Waals surface area contributed by atoms with Gasteiger partial charge in [0.1, 0.15) is 12.4 Å². The summed E-state index contributed by atoms with van der Waals surface area (Å²) >= 11 is 0. The Hall–Kier alpha value is -2.97. The minimum atomic E-state index is -0.0125. The zero-order chi connectivity index (χ0) is 17.2. The predicted octanol–water partition coefficient (Wildman–Crippen LogP) is 3.30. The highest BCUT2D eigenvalue weighted by Gasteiger charge is 2.31. The molecule has 0 amide bonds. The highest BCUT2D eigenvalue weighted by Crippen LogP contribution is 2.37. The van der Waals surface area contributed by atoms with Gasteiger partial charge in [-0.2, -0.15) is 5.26 Å². The van der Waals surface area contributed by atoms with Crippen molar-refractivity contribution in [3.8, 4) is 23.3 Å². The number of rotatable bonds is 4. The number of hydrogen-bond donors (Lipinski definition) is 0. The van der Waals surface area contributed by atoms with Crippen LogP contribution in [0.15, 0.2) is 59.7 Å². The van der Waals surface area contributed by atoms with Crippen LogP contribution in [0.3, 0.4) is 0 Å². The fourth-order valence-electron chi connectivity index (χ4n) is 3.35. The molecular formula is C20H18N2O3. The van der Waals surface area contributed by atoms with Crippen molar-refractivity contribution in [3.05, 3.63) is 65.2 Å². The number of fused-ring (bicyclic) bond motifs is 1. The van der Waals surface area contributed by atoms with Gasteiger partial charge in [-0.05, 0) is 30.3 Å². The first-order valence-corrected chi connectivity index (χ1v) is 8.16. The number of benzene rings is 2. The van der Waals surface area contributed by atoms with Crippen LogP contribution in [0.2, 0.25) is 0 Å². The van der Waals surface area contributed by atoms with Crippen LogP contribution >= 0.6 is 0 Å². The molecule has 2 heterocycles. The lowest BCUT2D eigenvalue weighted by Crippen LogP contribution is -2.20. The average molecular weight is 334 g/mol. The van der Waals surface area contributed by atoms with Crippen LogP contribution in [0, 0.1) is 11.3 Å². The third-order valence-corrected chi connectivity index (χ3v) is 4.53. The van der Waals surface area contributed by atoms with E-state index in [-0.39, 0.29) is 12.8 Å². The summed E-state index contributed by atoms with van der Waals surface area (Å²) in [6, 6.07) is 18.0. The van der Waals surface area contributed by atoms with E-state index in [0.29, 0.717) is 24.7 Å². The van der Waals surface area contributed by atoms with E-state index in [9.17, 15) is 5.26 Å². The standard InChI is InChI=1S/C20H18N2O3/c1-22-11-15(17(10-21)20(22)14-5-3-2-4-6-14)12-23-16-7-8-18-19(9-16)25-13-24-18/h2-9,20H,11-13H2,1H3. The van der Waals surface area contributed by atoms with E-state index >= 15 is 0 Å². The number of likely N-dealkylation sites (N-methyl/N-ethyl adjacent to an activating group) is 1. The third-order valence-electron chi connectivity index (χ3n) is 4.53. The zero-order valence-corrected chi connectivity index (χ0v) is 13.9. The lowest BCUT2D eigenvalue weighted by molar-refractivity contribution is 0.174. The molecule has 0 spiro atoms. The summed E-state index contributed by atoms with van der Waals surface area (Å²) in [4.78, 5) is 2.17. The molecule has 0 aliphatic carbocycles. The fraction of sp³-hybridized carbons (Fsp3) is 0.250. The predicted molar refractivity (Wildman–Crippen MR) is 92.5 cm³/mol. The first-order valence-electron chi connectivity index (χ1n) is 8.16. The van der Waals surface area contributed by atoms with Gasteiger partial charge in [-0.15, -0.1) is 0 Å². The van der Waals surface area contributed by atoms with Crippen LogP contribution in [0.1, 0.15) is 11.6 Å². The summed E-state index contributed by atoms with van der Waals surface area (Å²) in [5, 5.41) is 9.68. The smallest absolute Gasteiger partial charge is 0.231 e. The van der Waals surface area contributed by atoms with Crippen molar-refractivity contribution in [1.29, 1.82) is 5.26 Å². The van der Waals surface area contributed by atoms with Crippen LogP contribution in [-0.4, -0.2) is 31.9 Å². The fourth-order valence-corrected chi connectivity index (χ4v) is 3.35. The molecule has 2 aromatic rings. The van der Waals surface area contributed by atoms with Gasteiger partial charge in [0.15, 0.2) is 11.5 Å². The molecule has 2 aliphatic heterocycles. The van der Waals surface area contributed by atoms with E-state index in [0.717, 1.165) is 22.5 Å². The maximum Gasteiger partial charge on any atom is 0.231 e. The summed E-state index contributed by atoms with van der Waals surface area (Å²) < 4.78 is 16.6. The van der Waals surface area contributed by atoms with Crippen molar-refractivity contribution in [3.63, 3.8) is 0 Å². The Kier molecular flexibility index (Phi) is 4.04.